The molecule has 0 heterocycles. The largest absolute Gasteiger partial charge is 0.469 e. The smallest absolute Gasteiger partial charge is 0.305 e. The lowest BCUT2D eigenvalue weighted by Gasteiger charge is -1.98. The van der Waals surface area contributed by atoms with Crippen molar-refractivity contribution in [2.24, 2.45) is 0 Å². The van der Waals surface area contributed by atoms with Crippen LogP contribution in [0.25, 0.3) is 0 Å². The fourth-order valence-corrected chi connectivity index (χ4v) is 2.19. The Morgan fingerprint density at radius 2 is 1.29 bits per heavy atom. The van der Waals surface area contributed by atoms with Crippen LogP contribution in [0.5, 0.6) is 0 Å². The van der Waals surface area contributed by atoms with Crippen LogP contribution in [0.3, 0.4) is 0 Å². The lowest BCUT2D eigenvalue weighted by atomic mass is 10.1. The van der Waals surface area contributed by atoms with E-state index < -0.39 is 0 Å². The molecule has 0 spiro atoms. The van der Waals surface area contributed by atoms with Crippen molar-refractivity contribution in [2.75, 3.05) is 7.11 Å². The number of esters is 1. The van der Waals surface area contributed by atoms with Crippen molar-refractivity contribution < 1.29 is 9.53 Å². The zero-order chi connectivity index (χ0) is 15.6. The van der Waals surface area contributed by atoms with Crippen molar-refractivity contribution in [3.63, 3.8) is 0 Å². The Balaban J connectivity index is 3.22. The average Bonchev–Trinajstić information content (AvgIpc) is 2.50. The number of hydrogen-bond donors (Lipinski definition) is 0. The van der Waals surface area contributed by atoms with Crippen LogP contribution in [0.1, 0.15) is 84.0 Å². The number of rotatable bonds is 14. The van der Waals surface area contributed by atoms with E-state index in [-0.39, 0.29) is 5.97 Å². The van der Waals surface area contributed by atoms with Crippen molar-refractivity contribution in [2.45, 2.75) is 84.0 Å². The highest BCUT2D eigenvalue weighted by Gasteiger charge is 1.95. The molecule has 122 valence electrons. The molecule has 0 aromatic rings. The minimum absolute atomic E-state index is 0.130. The molecular formula is C19H34O2. The first-order valence-electron chi connectivity index (χ1n) is 8.68. The van der Waals surface area contributed by atoms with E-state index >= 15 is 0 Å². The summed E-state index contributed by atoms with van der Waals surface area (Å²) in [7, 11) is 1.43. The van der Waals surface area contributed by atoms with Gasteiger partial charge in [0.05, 0.1) is 7.11 Å². The van der Waals surface area contributed by atoms with Crippen LogP contribution in [0.4, 0.5) is 0 Å². The van der Waals surface area contributed by atoms with E-state index in [2.05, 4.69) is 36.0 Å². The van der Waals surface area contributed by atoms with Crippen molar-refractivity contribution in [3.8, 4) is 0 Å². The van der Waals surface area contributed by atoms with Gasteiger partial charge in [-0.05, 0) is 32.1 Å². The fourth-order valence-electron chi connectivity index (χ4n) is 2.19. The standard InChI is InChI=1S/C19H34O2/c1-3-4-5-6-7-8-9-10-11-12-13-14-15-16-17-18-19(20)21-2/h11-12,15-16H,3-10,13-14,17-18H2,1-2H3/b12-11-,16-15-. The fraction of sp³-hybridized carbons (Fsp3) is 0.737. The molecule has 0 aromatic heterocycles. The number of allylic oxidation sites excluding steroid dienone is 4. The first-order chi connectivity index (χ1) is 10.3. The van der Waals surface area contributed by atoms with Gasteiger partial charge in [-0.15, -0.1) is 0 Å². The number of methoxy groups -OCH3 is 1. The summed E-state index contributed by atoms with van der Waals surface area (Å²) >= 11 is 0. The molecule has 2 nitrogen and oxygen atoms in total. The van der Waals surface area contributed by atoms with Gasteiger partial charge < -0.3 is 4.74 Å². The Morgan fingerprint density at radius 3 is 1.90 bits per heavy atom. The Hall–Kier alpha value is -1.05. The maximum absolute atomic E-state index is 10.9. The van der Waals surface area contributed by atoms with E-state index in [9.17, 15) is 4.79 Å². The Labute approximate surface area is 131 Å². The maximum Gasteiger partial charge on any atom is 0.305 e. The van der Waals surface area contributed by atoms with Crippen LogP contribution in [-0.4, -0.2) is 13.1 Å². The van der Waals surface area contributed by atoms with E-state index in [1.54, 1.807) is 0 Å². The number of carbonyl (C=O) groups excluding carboxylic acids is 1. The molecule has 0 unspecified atom stereocenters. The van der Waals surface area contributed by atoms with Gasteiger partial charge in [0.2, 0.25) is 0 Å². The van der Waals surface area contributed by atoms with Crippen LogP contribution in [0, 0.1) is 0 Å². The monoisotopic (exact) mass is 294 g/mol. The highest BCUT2D eigenvalue weighted by Crippen LogP contribution is 2.09. The highest BCUT2D eigenvalue weighted by atomic mass is 16.5. The molecule has 0 N–H and O–H groups in total. The third-order valence-corrected chi connectivity index (χ3v) is 3.55. The maximum atomic E-state index is 10.9. The molecule has 0 aromatic carbocycles. The van der Waals surface area contributed by atoms with Crippen LogP contribution >= 0.6 is 0 Å². The van der Waals surface area contributed by atoms with Gasteiger partial charge in [-0.3, -0.25) is 4.79 Å². The lowest BCUT2D eigenvalue weighted by Crippen LogP contribution is -1.97. The summed E-state index contributed by atoms with van der Waals surface area (Å²) in [5.74, 6) is -0.130. The van der Waals surface area contributed by atoms with Crippen LogP contribution in [0.2, 0.25) is 0 Å². The SMILES string of the molecule is CCCCCCCCC/C=C\CC/C=C\CCC(=O)OC. The molecule has 0 saturated heterocycles. The van der Waals surface area contributed by atoms with Crippen molar-refractivity contribution in [1.82, 2.24) is 0 Å². The molecule has 0 fully saturated rings. The number of unbranched alkanes of at least 4 members (excludes halogenated alkanes) is 8. The summed E-state index contributed by atoms with van der Waals surface area (Å²) < 4.78 is 4.59. The average molecular weight is 294 g/mol. The van der Waals surface area contributed by atoms with Gasteiger partial charge in [0.25, 0.3) is 0 Å². The first kappa shape index (κ1) is 19.9. The molecule has 0 bridgehead atoms. The molecule has 0 amide bonds. The van der Waals surface area contributed by atoms with Crippen molar-refractivity contribution >= 4 is 5.97 Å². The van der Waals surface area contributed by atoms with E-state index in [4.69, 9.17) is 0 Å². The number of ether oxygens (including phenoxy) is 1. The third-order valence-electron chi connectivity index (χ3n) is 3.55. The third kappa shape index (κ3) is 16.9. The molecule has 2 heteroatoms. The Bertz CT molecular complexity index is 279. The Morgan fingerprint density at radius 1 is 0.762 bits per heavy atom. The lowest BCUT2D eigenvalue weighted by molar-refractivity contribution is -0.140. The first-order valence-corrected chi connectivity index (χ1v) is 8.68. The molecule has 0 aliphatic heterocycles. The van der Waals surface area contributed by atoms with Gasteiger partial charge >= 0.3 is 5.97 Å². The molecule has 0 atom stereocenters. The van der Waals surface area contributed by atoms with Gasteiger partial charge in [-0.2, -0.15) is 0 Å². The van der Waals surface area contributed by atoms with E-state index in [0.717, 1.165) is 19.3 Å². The summed E-state index contributed by atoms with van der Waals surface area (Å²) in [6, 6.07) is 0. The molecule has 0 aliphatic carbocycles. The quantitative estimate of drug-likeness (QED) is 0.224. The summed E-state index contributed by atoms with van der Waals surface area (Å²) in [4.78, 5) is 10.9. The van der Waals surface area contributed by atoms with E-state index in [0.29, 0.717) is 6.42 Å². The molecule has 0 rings (SSSR count). The van der Waals surface area contributed by atoms with E-state index in [1.165, 1.54) is 58.5 Å². The zero-order valence-corrected chi connectivity index (χ0v) is 14.1. The zero-order valence-electron chi connectivity index (χ0n) is 14.1. The summed E-state index contributed by atoms with van der Waals surface area (Å²) in [5, 5.41) is 0. The van der Waals surface area contributed by atoms with Gasteiger partial charge in [0.1, 0.15) is 0 Å². The predicted octanol–water partition coefficient (Wildman–Crippen LogP) is 5.97. The molecule has 0 saturated carbocycles. The normalized spacial score (nSPS) is 11.5. The second-order valence-corrected chi connectivity index (χ2v) is 5.54. The van der Waals surface area contributed by atoms with Crippen molar-refractivity contribution in [1.29, 1.82) is 0 Å². The van der Waals surface area contributed by atoms with Gasteiger partial charge in [-0.25, -0.2) is 0 Å². The highest BCUT2D eigenvalue weighted by molar-refractivity contribution is 5.69. The summed E-state index contributed by atoms with van der Waals surface area (Å²) in [5.41, 5.74) is 0. The Kier molecular flexibility index (Phi) is 16.2. The van der Waals surface area contributed by atoms with Crippen LogP contribution in [-0.2, 0) is 9.53 Å². The molecule has 21 heavy (non-hydrogen) atoms. The van der Waals surface area contributed by atoms with Gasteiger partial charge in [0.15, 0.2) is 0 Å². The second-order valence-electron chi connectivity index (χ2n) is 5.54. The molecular weight excluding hydrogens is 260 g/mol. The van der Waals surface area contributed by atoms with Gasteiger partial charge in [0, 0.05) is 6.42 Å². The minimum atomic E-state index is -0.130. The molecule has 0 aliphatic rings. The van der Waals surface area contributed by atoms with Gasteiger partial charge in [-0.1, -0.05) is 69.8 Å². The number of carbonyl (C=O) groups is 1. The summed E-state index contributed by atoms with van der Waals surface area (Å²) in [6.45, 7) is 2.26. The topological polar surface area (TPSA) is 26.3 Å². The minimum Gasteiger partial charge on any atom is -0.469 e. The molecule has 0 radical (unpaired) electrons. The van der Waals surface area contributed by atoms with E-state index in [1.807, 2.05) is 0 Å². The van der Waals surface area contributed by atoms with Crippen LogP contribution in [0.15, 0.2) is 24.3 Å². The second kappa shape index (κ2) is 17.0. The summed E-state index contributed by atoms with van der Waals surface area (Å²) in [6.07, 6.45) is 23.1. The van der Waals surface area contributed by atoms with Crippen molar-refractivity contribution in [3.05, 3.63) is 24.3 Å². The van der Waals surface area contributed by atoms with Crippen LogP contribution < -0.4 is 0 Å². The number of hydrogen-bond acceptors (Lipinski definition) is 2. The predicted molar refractivity (Wildman–Crippen MR) is 91.4 cm³/mol.